The van der Waals surface area contributed by atoms with E-state index in [-0.39, 0.29) is 23.1 Å². The van der Waals surface area contributed by atoms with Crippen molar-refractivity contribution in [2.75, 3.05) is 0 Å². The number of nitrogens with zero attached hydrogens (tertiary/aromatic N) is 1. The van der Waals surface area contributed by atoms with Gasteiger partial charge in [0.15, 0.2) is 11.5 Å². The third-order valence-electron chi connectivity index (χ3n) is 2.93. The first-order valence-electron chi connectivity index (χ1n) is 6.38. The first kappa shape index (κ1) is 14.8. The summed E-state index contributed by atoms with van der Waals surface area (Å²) in [6.45, 7) is 1.79. The number of phenols is 2. The maximum absolute atomic E-state index is 13.0. The molecule has 0 bridgehead atoms. The van der Waals surface area contributed by atoms with Gasteiger partial charge in [0.05, 0.1) is 11.8 Å². The normalized spacial score (nSPS) is 11.9. The van der Waals surface area contributed by atoms with Gasteiger partial charge in [-0.15, -0.1) is 0 Å². The minimum absolute atomic E-state index is 0.149. The summed E-state index contributed by atoms with van der Waals surface area (Å²) in [6, 6.07) is 5.35. The van der Waals surface area contributed by atoms with Crippen LogP contribution in [0.5, 0.6) is 11.5 Å². The van der Waals surface area contributed by atoms with Gasteiger partial charge in [-0.2, -0.15) is 0 Å². The van der Waals surface area contributed by atoms with Crippen molar-refractivity contribution in [2.24, 2.45) is 0 Å². The monoisotopic (exact) mass is 290 g/mol. The summed E-state index contributed by atoms with van der Waals surface area (Å²) < 4.78 is 13.0. The van der Waals surface area contributed by atoms with E-state index in [1.165, 1.54) is 18.3 Å². The van der Waals surface area contributed by atoms with Crippen molar-refractivity contribution < 1.29 is 19.4 Å². The molecule has 1 atom stereocenters. The molecule has 0 saturated carbocycles. The molecule has 3 N–H and O–H groups in total. The molecule has 2 rings (SSSR count). The van der Waals surface area contributed by atoms with E-state index < -0.39 is 11.7 Å². The number of hydrogen-bond acceptors (Lipinski definition) is 4. The Bertz CT molecular complexity index is 661. The smallest absolute Gasteiger partial charge is 0.253 e. The summed E-state index contributed by atoms with van der Waals surface area (Å²) in [4.78, 5) is 15.5. The first-order chi connectivity index (χ1) is 9.95. The van der Waals surface area contributed by atoms with Crippen LogP contribution in [0.1, 0.15) is 22.8 Å². The average Bonchev–Trinajstić information content (AvgIpc) is 2.43. The van der Waals surface area contributed by atoms with Gasteiger partial charge in [-0.25, -0.2) is 4.39 Å². The Kier molecular flexibility index (Phi) is 4.37. The number of hydrogen-bond donors (Lipinski definition) is 3. The summed E-state index contributed by atoms with van der Waals surface area (Å²) in [6.07, 6.45) is 2.78. The van der Waals surface area contributed by atoms with E-state index in [9.17, 15) is 19.4 Å². The van der Waals surface area contributed by atoms with E-state index in [0.29, 0.717) is 6.42 Å². The Balaban J connectivity index is 1.99. The van der Waals surface area contributed by atoms with Crippen LogP contribution < -0.4 is 5.32 Å². The lowest BCUT2D eigenvalue weighted by atomic mass is 10.1. The lowest BCUT2D eigenvalue weighted by Crippen LogP contribution is -2.34. The van der Waals surface area contributed by atoms with Crippen molar-refractivity contribution in [3.63, 3.8) is 0 Å². The van der Waals surface area contributed by atoms with Crippen molar-refractivity contribution in [1.29, 1.82) is 0 Å². The highest BCUT2D eigenvalue weighted by atomic mass is 19.1. The van der Waals surface area contributed by atoms with Gasteiger partial charge in [0, 0.05) is 12.2 Å². The number of rotatable bonds is 4. The van der Waals surface area contributed by atoms with Gasteiger partial charge < -0.3 is 15.5 Å². The fraction of sp³-hybridized carbons (Fsp3) is 0.200. The van der Waals surface area contributed by atoms with Gasteiger partial charge in [-0.1, -0.05) is 6.07 Å². The quantitative estimate of drug-likeness (QED) is 0.752. The van der Waals surface area contributed by atoms with Crippen molar-refractivity contribution >= 4 is 5.91 Å². The van der Waals surface area contributed by atoms with Gasteiger partial charge in [0.2, 0.25) is 0 Å². The molecule has 1 aromatic heterocycles. The standard InChI is InChI=1S/C15H15FN2O3/c1-9(4-10-2-3-13(19)14(20)5-10)18-15(21)11-6-12(16)8-17-7-11/h2-3,5-9,19-20H,4H2,1H3,(H,18,21). The van der Waals surface area contributed by atoms with Crippen LogP contribution in [0.3, 0.4) is 0 Å². The maximum Gasteiger partial charge on any atom is 0.253 e. The van der Waals surface area contributed by atoms with Gasteiger partial charge in [0.25, 0.3) is 5.91 Å². The average molecular weight is 290 g/mol. The zero-order valence-electron chi connectivity index (χ0n) is 11.4. The van der Waals surface area contributed by atoms with Crippen LogP contribution in [-0.4, -0.2) is 27.1 Å². The van der Waals surface area contributed by atoms with Crippen LogP contribution in [0.4, 0.5) is 4.39 Å². The molecule has 0 saturated heterocycles. The second-order valence-electron chi connectivity index (χ2n) is 4.79. The highest BCUT2D eigenvalue weighted by Crippen LogP contribution is 2.25. The molecule has 1 aromatic carbocycles. The van der Waals surface area contributed by atoms with E-state index in [4.69, 9.17) is 0 Å². The van der Waals surface area contributed by atoms with E-state index in [2.05, 4.69) is 10.3 Å². The third kappa shape index (κ3) is 3.92. The van der Waals surface area contributed by atoms with Crippen LogP contribution >= 0.6 is 0 Å². The molecular weight excluding hydrogens is 275 g/mol. The van der Waals surface area contributed by atoms with E-state index in [0.717, 1.165) is 17.8 Å². The fourth-order valence-corrected chi connectivity index (χ4v) is 1.94. The molecule has 1 amide bonds. The van der Waals surface area contributed by atoms with Gasteiger partial charge >= 0.3 is 0 Å². The molecule has 0 aliphatic carbocycles. The van der Waals surface area contributed by atoms with Crippen LogP contribution in [-0.2, 0) is 6.42 Å². The van der Waals surface area contributed by atoms with Crippen LogP contribution in [0.15, 0.2) is 36.7 Å². The fourth-order valence-electron chi connectivity index (χ4n) is 1.94. The third-order valence-corrected chi connectivity index (χ3v) is 2.93. The van der Waals surface area contributed by atoms with E-state index in [1.807, 2.05) is 0 Å². The summed E-state index contributed by atoms with van der Waals surface area (Å²) in [5.41, 5.74) is 0.908. The summed E-state index contributed by atoms with van der Waals surface area (Å²) in [7, 11) is 0. The molecule has 2 aromatic rings. The molecule has 21 heavy (non-hydrogen) atoms. The van der Waals surface area contributed by atoms with Gasteiger partial charge in [-0.05, 0) is 37.1 Å². The Hall–Kier alpha value is -2.63. The lowest BCUT2D eigenvalue weighted by molar-refractivity contribution is 0.0939. The number of carbonyl (C=O) groups excluding carboxylic acids is 1. The summed E-state index contributed by atoms with van der Waals surface area (Å²) in [5.74, 6) is -1.39. The molecule has 0 aliphatic heterocycles. The highest BCUT2D eigenvalue weighted by Gasteiger charge is 2.12. The SMILES string of the molecule is CC(Cc1ccc(O)c(O)c1)NC(=O)c1cncc(F)c1. The minimum atomic E-state index is -0.571. The number of halogens is 1. The number of aromatic hydroxyl groups is 2. The number of carbonyl (C=O) groups is 1. The van der Waals surface area contributed by atoms with Crippen LogP contribution in [0, 0.1) is 5.82 Å². The molecule has 5 nitrogen and oxygen atoms in total. The number of amides is 1. The van der Waals surface area contributed by atoms with Crippen molar-refractivity contribution in [3.8, 4) is 11.5 Å². The molecule has 0 aliphatic rings. The molecule has 1 heterocycles. The van der Waals surface area contributed by atoms with Crippen LogP contribution in [0.25, 0.3) is 0 Å². The number of phenolic OH excluding ortho intramolecular Hbond substituents is 2. The van der Waals surface area contributed by atoms with Gasteiger partial charge in [-0.3, -0.25) is 9.78 Å². The molecular formula is C15H15FN2O3. The molecule has 6 heteroatoms. The van der Waals surface area contributed by atoms with Gasteiger partial charge in [0.1, 0.15) is 5.82 Å². The topological polar surface area (TPSA) is 82.5 Å². The Labute approximate surface area is 121 Å². The molecule has 0 spiro atoms. The summed E-state index contributed by atoms with van der Waals surface area (Å²) >= 11 is 0. The Morgan fingerprint density at radius 3 is 2.71 bits per heavy atom. The second-order valence-corrected chi connectivity index (χ2v) is 4.79. The second kappa shape index (κ2) is 6.21. The Morgan fingerprint density at radius 1 is 1.29 bits per heavy atom. The predicted octanol–water partition coefficient (Wildman–Crippen LogP) is 1.99. The number of aromatic nitrogens is 1. The molecule has 0 fully saturated rings. The zero-order valence-corrected chi connectivity index (χ0v) is 11.4. The molecule has 110 valence electrons. The number of nitrogens with one attached hydrogen (secondary N) is 1. The summed E-state index contributed by atoms with van der Waals surface area (Å²) in [5, 5.41) is 21.4. The first-order valence-corrected chi connectivity index (χ1v) is 6.38. The van der Waals surface area contributed by atoms with Crippen molar-refractivity contribution in [1.82, 2.24) is 10.3 Å². The van der Waals surface area contributed by atoms with E-state index >= 15 is 0 Å². The van der Waals surface area contributed by atoms with Crippen molar-refractivity contribution in [3.05, 3.63) is 53.6 Å². The highest BCUT2D eigenvalue weighted by molar-refractivity contribution is 5.94. The number of pyridine rings is 1. The Morgan fingerprint density at radius 2 is 2.05 bits per heavy atom. The maximum atomic E-state index is 13.0. The molecule has 0 radical (unpaired) electrons. The lowest BCUT2D eigenvalue weighted by Gasteiger charge is -2.14. The minimum Gasteiger partial charge on any atom is -0.504 e. The van der Waals surface area contributed by atoms with Crippen molar-refractivity contribution in [2.45, 2.75) is 19.4 Å². The largest absolute Gasteiger partial charge is 0.504 e. The molecule has 1 unspecified atom stereocenters. The number of benzene rings is 1. The van der Waals surface area contributed by atoms with Crippen LogP contribution in [0.2, 0.25) is 0 Å². The zero-order chi connectivity index (χ0) is 15.4. The predicted molar refractivity (Wildman–Crippen MR) is 74.6 cm³/mol. The van der Waals surface area contributed by atoms with E-state index in [1.54, 1.807) is 13.0 Å².